The Kier molecular flexibility index (Phi) is 6.52. The van der Waals surface area contributed by atoms with E-state index in [0.29, 0.717) is 12.5 Å². The van der Waals surface area contributed by atoms with Gasteiger partial charge in [0.15, 0.2) is 0 Å². The molecule has 0 aliphatic heterocycles. The Morgan fingerprint density at radius 3 is 2.35 bits per heavy atom. The zero-order chi connectivity index (χ0) is 12.7. The molecule has 0 bridgehead atoms. The molecule has 0 unspecified atom stereocenters. The van der Waals surface area contributed by atoms with E-state index in [2.05, 4.69) is 4.90 Å². The summed E-state index contributed by atoms with van der Waals surface area (Å²) in [5.41, 5.74) is 0. The minimum absolute atomic E-state index is 0.209. The lowest BCUT2D eigenvalue weighted by molar-refractivity contribution is -0.128. The van der Waals surface area contributed by atoms with Gasteiger partial charge in [-0.05, 0) is 32.2 Å². The van der Waals surface area contributed by atoms with Crippen LogP contribution in [0.15, 0.2) is 0 Å². The smallest absolute Gasteiger partial charge is 0.222 e. The predicted octanol–water partition coefficient (Wildman–Crippen LogP) is 1.09. The summed E-state index contributed by atoms with van der Waals surface area (Å²) < 4.78 is 0. The quantitative estimate of drug-likeness (QED) is 0.693. The zero-order valence-corrected chi connectivity index (χ0v) is 11.2. The summed E-state index contributed by atoms with van der Waals surface area (Å²) >= 11 is 0. The van der Waals surface area contributed by atoms with Crippen molar-refractivity contribution in [3.63, 3.8) is 0 Å². The molecule has 0 aromatic carbocycles. The first-order valence-corrected chi connectivity index (χ1v) is 6.70. The van der Waals surface area contributed by atoms with Crippen LogP contribution in [-0.4, -0.2) is 60.6 Å². The molecule has 17 heavy (non-hydrogen) atoms. The maximum absolute atomic E-state index is 11.5. The number of hydrogen-bond acceptors (Lipinski definition) is 3. The van der Waals surface area contributed by atoms with Crippen molar-refractivity contribution in [1.29, 1.82) is 0 Å². The largest absolute Gasteiger partial charge is 0.396 e. The summed E-state index contributed by atoms with van der Waals surface area (Å²) in [6.45, 7) is 2.22. The molecule has 1 saturated carbocycles. The Balaban J connectivity index is 2.21. The van der Waals surface area contributed by atoms with Crippen molar-refractivity contribution in [2.75, 3.05) is 33.8 Å². The first kappa shape index (κ1) is 14.5. The summed E-state index contributed by atoms with van der Waals surface area (Å²) in [7, 11) is 3.61. The molecule has 0 atom stereocenters. The molecule has 0 saturated heterocycles. The number of carbonyl (C=O) groups excluding carboxylic acids is 1. The summed E-state index contributed by atoms with van der Waals surface area (Å²) in [5, 5.41) is 8.89. The highest BCUT2D eigenvalue weighted by atomic mass is 16.3. The Labute approximate surface area is 105 Å². The van der Waals surface area contributed by atoms with E-state index in [9.17, 15) is 4.79 Å². The Hall–Kier alpha value is -0.610. The second-order valence-electron chi connectivity index (χ2n) is 5.09. The first-order valence-electron chi connectivity index (χ1n) is 6.70. The summed E-state index contributed by atoms with van der Waals surface area (Å²) in [6.07, 6.45) is 6.31. The van der Waals surface area contributed by atoms with Gasteiger partial charge in [-0.25, -0.2) is 0 Å². The van der Waals surface area contributed by atoms with E-state index < -0.39 is 0 Å². The van der Waals surface area contributed by atoms with Gasteiger partial charge in [0.2, 0.25) is 5.91 Å². The van der Waals surface area contributed by atoms with Crippen LogP contribution in [0.4, 0.5) is 0 Å². The third-order valence-electron chi connectivity index (χ3n) is 3.53. The van der Waals surface area contributed by atoms with E-state index >= 15 is 0 Å². The van der Waals surface area contributed by atoms with E-state index in [-0.39, 0.29) is 12.5 Å². The Morgan fingerprint density at radius 1 is 1.24 bits per heavy atom. The van der Waals surface area contributed by atoms with Gasteiger partial charge >= 0.3 is 0 Å². The van der Waals surface area contributed by atoms with Crippen LogP contribution >= 0.6 is 0 Å². The van der Waals surface area contributed by atoms with Gasteiger partial charge in [0.25, 0.3) is 0 Å². The van der Waals surface area contributed by atoms with Gasteiger partial charge in [-0.15, -0.1) is 0 Å². The average Bonchev–Trinajstić information content (AvgIpc) is 2.22. The van der Waals surface area contributed by atoms with Crippen molar-refractivity contribution in [2.45, 2.75) is 44.6 Å². The lowest BCUT2D eigenvalue weighted by Gasteiger charge is -2.37. The second-order valence-corrected chi connectivity index (χ2v) is 5.09. The number of aliphatic hydroxyl groups excluding tert-OH is 1. The van der Waals surface area contributed by atoms with Crippen LogP contribution in [0.25, 0.3) is 0 Å². The van der Waals surface area contributed by atoms with Crippen molar-refractivity contribution in [2.24, 2.45) is 0 Å². The SMILES string of the molecule is CN(C)C(=O)CCCN(CCCO)C1CCC1. The van der Waals surface area contributed by atoms with Gasteiger partial charge in [-0.1, -0.05) is 6.42 Å². The van der Waals surface area contributed by atoms with Crippen LogP contribution in [0.1, 0.15) is 38.5 Å². The van der Waals surface area contributed by atoms with Crippen LogP contribution in [-0.2, 0) is 4.79 Å². The van der Waals surface area contributed by atoms with Gasteiger partial charge < -0.3 is 14.9 Å². The predicted molar refractivity (Wildman–Crippen MR) is 68.8 cm³/mol. The number of amides is 1. The van der Waals surface area contributed by atoms with Gasteiger partial charge in [0.05, 0.1) is 0 Å². The van der Waals surface area contributed by atoms with Crippen LogP contribution in [0.2, 0.25) is 0 Å². The molecule has 1 aliphatic carbocycles. The van der Waals surface area contributed by atoms with Crippen LogP contribution in [0.5, 0.6) is 0 Å². The molecule has 0 aromatic rings. The Bertz CT molecular complexity index is 227. The van der Waals surface area contributed by atoms with E-state index in [1.165, 1.54) is 19.3 Å². The Morgan fingerprint density at radius 2 is 1.88 bits per heavy atom. The normalized spacial score (nSPS) is 16.0. The summed E-state index contributed by atoms with van der Waals surface area (Å²) in [4.78, 5) is 15.6. The number of carbonyl (C=O) groups is 1. The molecular weight excluding hydrogens is 216 g/mol. The molecule has 1 fully saturated rings. The molecule has 0 aromatic heterocycles. The minimum atomic E-state index is 0.209. The molecule has 1 N–H and O–H groups in total. The van der Waals surface area contributed by atoms with Crippen molar-refractivity contribution < 1.29 is 9.90 Å². The van der Waals surface area contributed by atoms with Gasteiger partial charge in [0.1, 0.15) is 0 Å². The van der Waals surface area contributed by atoms with E-state index in [1.54, 1.807) is 19.0 Å². The molecular formula is C13H26N2O2. The van der Waals surface area contributed by atoms with E-state index in [0.717, 1.165) is 25.9 Å². The average molecular weight is 242 g/mol. The maximum Gasteiger partial charge on any atom is 0.222 e. The van der Waals surface area contributed by atoms with E-state index in [1.807, 2.05) is 0 Å². The summed E-state index contributed by atoms with van der Waals surface area (Å²) in [5.74, 6) is 0.209. The molecule has 0 heterocycles. The monoisotopic (exact) mass is 242 g/mol. The molecule has 4 heteroatoms. The third kappa shape index (κ3) is 5.04. The fourth-order valence-electron chi connectivity index (χ4n) is 2.16. The molecule has 1 aliphatic rings. The van der Waals surface area contributed by atoms with Gasteiger partial charge in [-0.2, -0.15) is 0 Å². The zero-order valence-electron chi connectivity index (χ0n) is 11.2. The second kappa shape index (κ2) is 7.67. The molecule has 0 spiro atoms. The number of aliphatic hydroxyl groups is 1. The van der Waals surface area contributed by atoms with Crippen LogP contribution in [0.3, 0.4) is 0 Å². The first-order chi connectivity index (χ1) is 8.15. The van der Waals surface area contributed by atoms with Gasteiger partial charge in [-0.3, -0.25) is 4.79 Å². The highest BCUT2D eigenvalue weighted by Crippen LogP contribution is 2.25. The standard InChI is InChI=1S/C13H26N2O2/c1-14(2)13(17)8-4-9-15(10-5-11-16)12-6-3-7-12/h12,16H,3-11H2,1-2H3. The molecule has 100 valence electrons. The lowest BCUT2D eigenvalue weighted by Crippen LogP contribution is -2.41. The maximum atomic E-state index is 11.5. The highest BCUT2D eigenvalue weighted by molar-refractivity contribution is 5.75. The summed E-state index contributed by atoms with van der Waals surface area (Å²) in [6, 6.07) is 0.705. The number of rotatable bonds is 8. The lowest BCUT2D eigenvalue weighted by atomic mass is 9.91. The fraction of sp³-hybridized carbons (Fsp3) is 0.923. The number of nitrogens with zero attached hydrogens (tertiary/aromatic N) is 2. The van der Waals surface area contributed by atoms with Crippen LogP contribution < -0.4 is 0 Å². The van der Waals surface area contributed by atoms with Crippen molar-refractivity contribution in [1.82, 2.24) is 9.80 Å². The van der Waals surface area contributed by atoms with Crippen molar-refractivity contribution in [3.8, 4) is 0 Å². The third-order valence-corrected chi connectivity index (χ3v) is 3.53. The molecule has 4 nitrogen and oxygen atoms in total. The highest BCUT2D eigenvalue weighted by Gasteiger charge is 2.24. The molecule has 0 radical (unpaired) electrons. The topological polar surface area (TPSA) is 43.8 Å². The minimum Gasteiger partial charge on any atom is -0.396 e. The van der Waals surface area contributed by atoms with E-state index in [4.69, 9.17) is 5.11 Å². The van der Waals surface area contributed by atoms with Crippen molar-refractivity contribution >= 4 is 5.91 Å². The van der Waals surface area contributed by atoms with Gasteiger partial charge in [0, 0.05) is 39.7 Å². The van der Waals surface area contributed by atoms with Crippen molar-refractivity contribution in [3.05, 3.63) is 0 Å². The molecule has 1 amide bonds. The fourth-order valence-corrected chi connectivity index (χ4v) is 2.16. The molecule has 1 rings (SSSR count). The number of hydrogen-bond donors (Lipinski definition) is 1. The van der Waals surface area contributed by atoms with Crippen LogP contribution in [0, 0.1) is 0 Å².